The lowest BCUT2D eigenvalue weighted by molar-refractivity contribution is -0.120. The van der Waals surface area contributed by atoms with Crippen LogP contribution in [-0.2, 0) is 4.79 Å². The van der Waals surface area contributed by atoms with Gasteiger partial charge in [0, 0.05) is 23.8 Å². The molecule has 1 aliphatic carbocycles. The second kappa shape index (κ2) is 6.48. The van der Waals surface area contributed by atoms with Gasteiger partial charge in [-0.05, 0) is 31.7 Å². The summed E-state index contributed by atoms with van der Waals surface area (Å²) >= 11 is 0. The van der Waals surface area contributed by atoms with Crippen molar-refractivity contribution in [2.24, 2.45) is 0 Å². The number of para-hydroxylation sites is 1. The summed E-state index contributed by atoms with van der Waals surface area (Å²) in [5.74, 6) is 0.105. The minimum absolute atomic E-state index is 0.105. The molecular formula is C17H24N2O2. The summed E-state index contributed by atoms with van der Waals surface area (Å²) in [5.41, 5.74) is 1.95. The minimum atomic E-state index is -0.413. The minimum Gasteiger partial charge on any atom is -0.388 e. The van der Waals surface area contributed by atoms with Crippen molar-refractivity contribution in [2.75, 3.05) is 18.0 Å². The van der Waals surface area contributed by atoms with Crippen molar-refractivity contribution in [1.29, 1.82) is 0 Å². The SMILES string of the molecule is O=C(CN1CCCC(O)c2ccccc21)NC1CCCC1. The van der Waals surface area contributed by atoms with Crippen LogP contribution in [0.2, 0.25) is 0 Å². The van der Waals surface area contributed by atoms with Crippen molar-refractivity contribution in [2.45, 2.75) is 50.7 Å². The van der Waals surface area contributed by atoms with Crippen molar-refractivity contribution in [1.82, 2.24) is 5.32 Å². The molecule has 1 aromatic rings. The average molecular weight is 288 g/mol. The van der Waals surface area contributed by atoms with E-state index >= 15 is 0 Å². The van der Waals surface area contributed by atoms with E-state index in [1.807, 2.05) is 24.3 Å². The predicted octanol–water partition coefficient (Wildman–Crippen LogP) is 2.38. The maximum absolute atomic E-state index is 12.3. The molecule has 1 atom stereocenters. The third kappa shape index (κ3) is 3.38. The second-order valence-corrected chi connectivity index (χ2v) is 6.19. The van der Waals surface area contributed by atoms with E-state index in [0.717, 1.165) is 43.5 Å². The van der Waals surface area contributed by atoms with Gasteiger partial charge in [-0.25, -0.2) is 0 Å². The Morgan fingerprint density at radius 2 is 1.95 bits per heavy atom. The summed E-state index contributed by atoms with van der Waals surface area (Å²) in [6.07, 6.45) is 5.93. The Balaban J connectivity index is 1.69. The highest BCUT2D eigenvalue weighted by atomic mass is 16.3. The second-order valence-electron chi connectivity index (χ2n) is 6.19. The summed E-state index contributed by atoms with van der Waals surface area (Å²) in [6.45, 7) is 1.21. The van der Waals surface area contributed by atoms with Gasteiger partial charge in [-0.15, -0.1) is 0 Å². The van der Waals surface area contributed by atoms with Crippen molar-refractivity contribution >= 4 is 11.6 Å². The summed E-state index contributed by atoms with van der Waals surface area (Å²) < 4.78 is 0. The molecule has 3 rings (SSSR count). The molecule has 0 bridgehead atoms. The zero-order valence-electron chi connectivity index (χ0n) is 12.4. The number of fused-ring (bicyclic) bond motifs is 1. The van der Waals surface area contributed by atoms with Crippen LogP contribution < -0.4 is 10.2 Å². The number of hydrogen-bond donors (Lipinski definition) is 2. The predicted molar refractivity (Wildman–Crippen MR) is 83.2 cm³/mol. The largest absolute Gasteiger partial charge is 0.388 e. The normalized spacial score (nSPS) is 22.7. The highest BCUT2D eigenvalue weighted by Gasteiger charge is 2.23. The number of amides is 1. The zero-order valence-corrected chi connectivity index (χ0v) is 12.4. The maximum atomic E-state index is 12.3. The third-order valence-electron chi connectivity index (χ3n) is 4.60. The molecule has 4 nitrogen and oxygen atoms in total. The number of hydrogen-bond acceptors (Lipinski definition) is 3. The van der Waals surface area contributed by atoms with Gasteiger partial charge in [0.2, 0.25) is 5.91 Å². The Morgan fingerprint density at radius 3 is 2.76 bits per heavy atom. The Morgan fingerprint density at radius 1 is 1.19 bits per heavy atom. The topological polar surface area (TPSA) is 52.6 Å². The van der Waals surface area contributed by atoms with E-state index in [-0.39, 0.29) is 5.91 Å². The fraction of sp³-hybridized carbons (Fsp3) is 0.588. The molecule has 114 valence electrons. The molecule has 1 heterocycles. The molecule has 1 aliphatic heterocycles. The van der Waals surface area contributed by atoms with Gasteiger partial charge in [-0.2, -0.15) is 0 Å². The molecule has 2 N–H and O–H groups in total. The highest BCUT2D eigenvalue weighted by molar-refractivity contribution is 5.82. The average Bonchev–Trinajstić information content (AvgIpc) is 2.93. The van der Waals surface area contributed by atoms with Crippen LogP contribution in [0.5, 0.6) is 0 Å². The summed E-state index contributed by atoms with van der Waals surface area (Å²) in [6, 6.07) is 8.26. The van der Waals surface area contributed by atoms with Gasteiger partial charge in [0.15, 0.2) is 0 Å². The Hall–Kier alpha value is -1.55. The van der Waals surface area contributed by atoms with E-state index in [2.05, 4.69) is 10.2 Å². The van der Waals surface area contributed by atoms with E-state index in [0.29, 0.717) is 12.6 Å². The van der Waals surface area contributed by atoms with Crippen LogP contribution in [0.1, 0.15) is 50.2 Å². The van der Waals surface area contributed by atoms with E-state index in [4.69, 9.17) is 0 Å². The van der Waals surface area contributed by atoms with Crippen molar-refractivity contribution in [3.8, 4) is 0 Å². The van der Waals surface area contributed by atoms with Crippen LogP contribution in [0.3, 0.4) is 0 Å². The molecule has 2 aliphatic rings. The van der Waals surface area contributed by atoms with E-state index < -0.39 is 6.10 Å². The lowest BCUT2D eigenvalue weighted by Crippen LogP contribution is -2.41. The number of nitrogens with zero attached hydrogens (tertiary/aromatic N) is 1. The summed E-state index contributed by atoms with van der Waals surface area (Å²) in [7, 11) is 0. The van der Waals surface area contributed by atoms with Crippen LogP contribution in [0.4, 0.5) is 5.69 Å². The third-order valence-corrected chi connectivity index (χ3v) is 4.60. The molecule has 21 heavy (non-hydrogen) atoms. The van der Waals surface area contributed by atoms with Gasteiger partial charge < -0.3 is 15.3 Å². The number of anilines is 1. The van der Waals surface area contributed by atoms with Crippen molar-refractivity contribution < 1.29 is 9.90 Å². The summed E-state index contributed by atoms with van der Waals surface area (Å²) in [5, 5.41) is 13.3. The Labute approximate surface area is 126 Å². The summed E-state index contributed by atoms with van der Waals surface area (Å²) in [4.78, 5) is 14.4. The van der Waals surface area contributed by atoms with E-state index in [1.165, 1.54) is 12.8 Å². The molecule has 4 heteroatoms. The van der Waals surface area contributed by atoms with Crippen LogP contribution in [0.25, 0.3) is 0 Å². The van der Waals surface area contributed by atoms with Gasteiger partial charge in [-0.3, -0.25) is 4.79 Å². The molecule has 1 aromatic carbocycles. The van der Waals surface area contributed by atoms with Crippen LogP contribution in [0, 0.1) is 0 Å². The quantitative estimate of drug-likeness (QED) is 0.898. The molecule has 0 spiro atoms. The number of benzene rings is 1. The molecular weight excluding hydrogens is 264 g/mol. The van der Waals surface area contributed by atoms with Gasteiger partial charge in [-0.1, -0.05) is 31.0 Å². The van der Waals surface area contributed by atoms with Crippen LogP contribution >= 0.6 is 0 Å². The van der Waals surface area contributed by atoms with Gasteiger partial charge in [0.05, 0.1) is 12.6 Å². The standard InChI is InChI=1S/C17H24N2O2/c20-16-10-5-11-19(15-9-4-3-8-14(15)16)12-17(21)18-13-6-1-2-7-13/h3-4,8-9,13,16,20H,1-2,5-7,10-12H2,(H,18,21). The molecule has 0 saturated heterocycles. The lowest BCUT2D eigenvalue weighted by atomic mass is 10.0. The smallest absolute Gasteiger partial charge is 0.239 e. The van der Waals surface area contributed by atoms with Gasteiger partial charge >= 0.3 is 0 Å². The van der Waals surface area contributed by atoms with Gasteiger partial charge in [0.1, 0.15) is 0 Å². The first-order chi connectivity index (χ1) is 10.2. The lowest BCUT2D eigenvalue weighted by Gasteiger charge is -2.25. The number of nitrogens with one attached hydrogen (secondary N) is 1. The molecule has 1 unspecified atom stereocenters. The Kier molecular flexibility index (Phi) is 4.44. The fourth-order valence-electron chi connectivity index (χ4n) is 3.49. The highest BCUT2D eigenvalue weighted by Crippen LogP contribution is 2.32. The monoisotopic (exact) mass is 288 g/mol. The molecule has 1 fully saturated rings. The Bertz CT molecular complexity index is 497. The van der Waals surface area contributed by atoms with Crippen molar-refractivity contribution in [3.05, 3.63) is 29.8 Å². The maximum Gasteiger partial charge on any atom is 0.239 e. The molecule has 0 radical (unpaired) electrons. The van der Waals surface area contributed by atoms with Crippen LogP contribution in [0.15, 0.2) is 24.3 Å². The van der Waals surface area contributed by atoms with Crippen molar-refractivity contribution in [3.63, 3.8) is 0 Å². The first kappa shape index (κ1) is 14.4. The number of aliphatic hydroxyl groups is 1. The number of carbonyl (C=O) groups excluding carboxylic acids is 1. The van der Waals surface area contributed by atoms with Gasteiger partial charge in [0.25, 0.3) is 0 Å². The first-order valence-corrected chi connectivity index (χ1v) is 8.05. The zero-order chi connectivity index (χ0) is 14.7. The first-order valence-electron chi connectivity index (χ1n) is 8.05. The van der Waals surface area contributed by atoms with Crippen LogP contribution in [-0.4, -0.2) is 30.1 Å². The fourth-order valence-corrected chi connectivity index (χ4v) is 3.49. The number of carbonyl (C=O) groups is 1. The number of rotatable bonds is 3. The molecule has 1 amide bonds. The van der Waals surface area contributed by atoms with E-state index in [9.17, 15) is 9.90 Å². The number of aliphatic hydroxyl groups excluding tert-OH is 1. The molecule has 0 aromatic heterocycles. The molecule has 1 saturated carbocycles. The van der Waals surface area contributed by atoms with E-state index in [1.54, 1.807) is 0 Å².